The molecule has 1 aromatic rings. The Labute approximate surface area is 155 Å². The zero-order valence-corrected chi connectivity index (χ0v) is 16.4. The summed E-state index contributed by atoms with van der Waals surface area (Å²) >= 11 is 6.16. The lowest BCUT2D eigenvalue weighted by molar-refractivity contribution is 0.267. The van der Waals surface area contributed by atoms with Gasteiger partial charge in [0.15, 0.2) is 5.96 Å². The largest absolute Gasteiger partial charge is 0.355 e. The third-order valence-corrected chi connectivity index (χ3v) is 4.41. The highest BCUT2D eigenvalue weighted by Crippen LogP contribution is 2.16. The van der Waals surface area contributed by atoms with E-state index in [0.717, 1.165) is 29.6 Å². The first-order valence-corrected chi connectivity index (χ1v) is 8.04. The first kappa shape index (κ1) is 19.5. The number of nitrogens with zero attached hydrogens (tertiary/aromatic N) is 2. The zero-order valence-electron chi connectivity index (χ0n) is 13.3. The van der Waals surface area contributed by atoms with Gasteiger partial charge in [-0.15, -0.1) is 24.0 Å². The van der Waals surface area contributed by atoms with Crippen LogP contribution in [0.4, 0.5) is 0 Å². The number of guanidine groups is 1. The van der Waals surface area contributed by atoms with Crippen molar-refractivity contribution in [3.05, 3.63) is 34.9 Å². The van der Waals surface area contributed by atoms with E-state index in [2.05, 4.69) is 27.4 Å². The number of likely N-dealkylation sites (tertiary alicyclic amines) is 1. The molecule has 0 aromatic heterocycles. The third-order valence-electron chi connectivity index (χ3n) is 4.04. The number of hydrogen-bond acceptors (Lipinski definition) is 2. The van der Waals surface area contributed by atoms with E-state index < -0.39 is 0 Å². The van der Waals surface area contributed by atoms with E-state index in [0.29, 0.717) is 12.6 Å². The van der Waals surface area contributed by atoms with Gasteiger partial charge in [-0.3, -0.25) is 9.89 Å². The molecular formula is C16H26ClIN4. The van der Waals surface area contributed by atoms with E-state index in [4.69, 9.17) is 11.6 Å². The normalized spacial score (nSPS) is 18.9. The van der Waals surface area contributed by atoms with Crippen molar-refractivity contribution in [2.45, 2.75) is 32.4 Å². The number of halogens is 2. The average Bonchev–Trinajstić information content (AvgIpc) is 2.96. The summed E-state index contributed by atoms with van der Waals surface area (Å²) < 4.78 is 0. The third kappa shape index (κ3) is 5.59. The Kier molecular flexibility index (Phi) is 9.12. The molecule has 1 aliphatic heterocycles. The fourth-order valence-corrected chi connectivity index (χ4v) is 3.00. The Hall–Kier alpha value is -0.530. The topological polar surface area (TPSA) is 39.7 Å². The molecule has 1 unspecified atom stereocenters. The quantitative estimate of drug-likeness (QED) is 0.423. The lowest BCUT2D eigenvalue weighted by atomic mass is 10.2. The van der Waals surface area contributed by atoms with Gasteiger partial charge in [0.25, 0.3) is 0 Å². The second-order valence-electron chi connectivity index (χ2n) is 5.32. The van der Waals surface area contributed by atoms with E-state index in [-0.39, 0.29) is 24.0 Å². The number of aliphatic imine (C=N–C) groups is 1. The summed E-state index contributed by atoms with van der Waals surface area (Å²) in [5.74, 6) is 0.831. The maximum Gasteiger partial charge on any atom is 0.191 e. The molecule has 1 fully saturated rings. The van der Waals surface area contributed by atoms with E-state index in [1.807, 2.05) is 24.3 Å². The average molecular weight is 437 g/mol. The van der Waals surface area contributed by atoms with Gasteiger partial charge in [0.2, 0.25) is 0 Å². The van der Waals surface area contributed by atoms with Crippen LogP contribution in [0, 0.1) is 0 Å². The highest BCUT2D eigenvalue weighted by molar-refractivity contribution is 14.0. The van der Waals surface area contributed by atoms with E-state index in [1.165, 1.54) is 19.4 Å². The molecule has 0 bridgehead atoms. The fraction of sp³-hybridized carbons (Fsp3) is 0.562. The van der Waals surface area contributed by atoms with E-state index in [9.17, 15) is 0 Å². The Morgan fingerprint density at radius 3 is 2.82 bits per heavy atom. The smallest absolute Gasteiger partial charge is 0.191 e. The van der Waals surface area contributed by atoms with Gasteiger partial charge in [-0.25, -0.2) is 0 Å². The standard InChI is InChI=1S/C16H25ClN4.HI/c1-3-21-10-6-8-14(21)12-20-16(18-2)19-11-13-7-4-5-9-15(13)17;/h4-5,7,9,14H,3,6,8,10-12H2,1-2H3,(H2,18,19,20);1H. The minimum absolute atomic E-state index is 0. The van der Waals surface area contributed by atoms with Gasteiger partial charge in [-0.05, 0) is 37.6 Å². The number of hydrogen-bond donors (Lipinski definition) is 2. The Bertz CT molecular complexity index is 481. The molecular weight excluding hydrogens is 411 g/mol. The predicted octanol–water partition coefficient (Wildman–Crippen LogP) is 3.11. The molecule has 0 spiro atoms. The molecule has 1 aromatic carbocycles. The molecule has 1 saturated heterocycles. The van der Waals surface area contributed by atoms with Crippen molar-refractivity contribution in [2.24, 2.45) is 4.99 Å². The van der Waals surface area contributed by atoms with Crippen molar-refractivity contribution in [3.8, 4) is 0 Å². The zero-order chi connectivity index (χ0) is 15.1. The molecule has 1 atom stereocenters. The van der Waals surface area contributed by atoms with Crippen LogP contribution in [0.1, 0.15) is 25.3 Å². The molecule has 4 nitrogen and oxygen atoms in total. The Morgan fingerprint density at radius 2 is 2.14 bits per heavy atom. The lowest BCUT2D eigenvalue weighted by Gasteiger charge is -2.24. The fourth-order valence-electron chi connectivity index (χ4n) is 2.80. The summed E-state index contributed by atoms with van der Waals surface area (Å²) in [6.07, 6.45) is 2.56. The van der Waals surface area contributed by atoms with Crippen LogP contribution in [0.3, 0.4) is 0 Å². The summed E-state index contributed by atoms with van der Waals surface area (Å²) in [7, 11) is 1.80. The second-order valence-corrected chi connectivity index (χ2v) is 5.73. The van der Waals surface area contributed by atoms with Crippen LogP contribution in [0.15, 0.2) is 29.3 Å². The van der Waals surface area contributed by atoms with Crippen molar-refractivity contribution in [1.82, 2.24) is 15.5 Å². The van der Waals surface area contributed by atoms with Gasteiger partial charge >= 0.3 is 0 Å². The summed E-state index contributed by atoms with van der Waals surface area (Å²) in [6.45, 7) is 6.19. The summed E-state index contributed by atoms with van der Waals surface area (Å²) in [5.41, 5.74) is 1.08. The number of likely N-dealkylation sites (N-methyl/N-ethyl adjacent to an activating group) is 1. The van der Waals surface area contributed by atoms with Crippen molar-refractivity contribution in [3.63, 3.8) is 0 Å². The minimum Gasteiger partial charge on any atom is -0.355 e. The van der Waals surface area contributed by atoms with Crippen LogP contribution >= 0.6 is 35.6 Å². The molecule has 0 radical (unpaired) electrons. The molecule has 22 heavy (non-hydrogen) atoms. The highest BCUT2D eigenvalue weighted by Gasteiger charge is 2.22. The second kappa shape index (κ2) is 10.3. The first-order valence-electron chi connectivity index (χ1n) is 7.66. The van der Waals surface area contributed by atoms with Gasteiger partial charge < -0.3 is 10.6 Å². The molecule has 1 heterocycles. The monoisotopic (exact) mass is 436 g/mol. The summed E-state index contributed by atoms with van der Waals surface area (Å²) in [6, 6.07) is 8.49. The van der Waals surface area contributed by atoms with E-state index in [1.54, 1.807) is 7.05 Å². The molecule has 2 N–H and O–H groups in total. The van der Waals surface area contributed by atoms with Gasteiger partial charge in [0.1, 0.15) is 0 Å². The maximum atomic E-state index is 6.16. The Morgan fingerprint density at radius 1 is 1.36 bits per heavy atom. The van der Waals surface area contributed by atoms with Crippen LogP contribution in [0.5, 0.6) is 0 Å². The van der Waals surface area contributed by atoms with Crippen LogP contribution in [0.2, 0.25) is 5.02 Å². The van der Waals surface area contributed by atoms with Gasteiger partial charge in [0.05, 0.1) is 0 Å². The maximum absolute atomic E-state index is 6.16. The summed E-state index contributed by atoms with van der Waals surface area (Å²) in [4.78, 5) is 6.80. The molecule has 124 valence electrons. The van der Waals surface area contributed by atoms with Crippen LogP contribution in [-0.2, 0) is 6.54 Å². The number of rotatable bonds is 5. The molecule has 0 amide bonds. The SMILES string of the molecule is CCN1CCCC1CNC(=NC)NCc1ccccc1Cl.I. The predicted molar refractivity (Wildman–Crippen MR) is 105 cm³/mol. The van der Waals surface area contributed by atoms with Crippen molar-refractivity contribution in [2.75, 3.05) is 26.7 Å². The van der Waals surface area contributed by atoms with Gasteiger partial charge in [-0.2, -0.15) is 0 Å². The minimum atomic E-state index is 0. The van der Waals surface area contributed by atoms with E-state index >= 15 is 0 Å². The van der Waals surface area contributed by atoms with Crippen LogP contribution < -0.4 is 10.6 Å². The Balaban J connectivity index is 0.00000242. The number of benzene rings is 1. The molecule has 1 aliphatic rings. The summed E-state index contributed by atoms with van der Waals surface area (Å²) in [5, 5.41) is 7.52. The van der Waals surface area contributed by atoms with Crippen molar-refractivity contribution in [1.29, 1.82) is 0 Å². The van der Waals surface area contributed by atoms with Crippen LogP contribution in [0.25, 0.3) is 0 Å². The molecule has 0 aliphatic carbocycles. The first-order chi connectivity index (χ1) is 10.2. The number of nitrogens with one attached hydrogen (secondary N) is 2. The lowest BCUT2D eigenvalue weighted by Crippen LogP contribution is -2.44. The van der Waals surface area contributed by atoms with Crippen LogP contribution in [-0.4, -0.2) is 43.6 Å². The molecule has 0 saturated carbocycles. The van der Waals surface area contributed by atoms with Crippen molar-refractivity contribution < 1.29 is 0 Å². The highest BCUT2D eigenvalue weighted by atomic mass is 127. The van der Waals surface area contributed by atoms with Crippen molar-refractivity contribution >= 4 is 41.5 Å². The molecule has 2 rings (SSSR count). The van der Waals surface area contributed by atoms with Gasteiger partial charge in [0, 0.05) is 31.2 Å². The van der Waals surface area contributed by atoms with Gasteiger partial charge in [-0.1, -0.05) is 36.7 Å². The molecule has 6 heteroatoms.